The van der Waals surface area contributed by atoms with Crippen molar-refractivity contribution in [1.29, 1.82) is 0 Å². The molecule has 156 valence electrons. The van der Waals surface area contributed by atoms with Gasteiger partial charge >= 0.3 is 0 Å². The van der Waals surface area contributed by atoms with Gasteiger partial charge in [-0.2, -0.15) is 0 Å². The number of fused-ring (bicyclic) bond motifs is 4. The Kier molecular flexibility index (Phi) is 4.82. The quantitative estimate of drug-likeness (QED) is 0.428. The van der Waals surface area contributed by atoms with Gasteiger partial charge in [0.1, 0.15) is 5.82 Å². The number of nitrogens with zero attached hydrogens (tertiary/aromatic N) is 5. The van der Waals surface area contributed by atoms with Gasteiger partial charge in [-0.15, -0.1) is 10.2 Å². The Morgan fingerprint density at radius 1 is 1.03 bits per heavy atom. The molecule has 31 heavy (non-hydrogen) atoms. The van der Waals surface area contributed by atoms with Gasteiger partial charge in [0.15, 0.2) is 5.16 Å². The van der Waals surface area contributed by atoms with E-state index in [-0.39, 0.29) is 11.1 Å². The lowest BCUT2D eigenvalue weighted by Crippen LogP contribution is -2.23. The van der Waals surface area contributed by atoms with Gasteiger partial charge in [-0.3, -0.25) is 18.6 Å². The fourth-order valence-electron chi connectivity index (χ4n) is 3.81. The summed E-state index contributed by atoms with van der Waals surface area (Å²) in [5, 5.41) is 10.5. The number of H-pyrrole nitrogens is 1. The molecule has 8 nitrogen and oxygen atoms in total. The first kappa shape index (κ1) is 19.5. The SMILES string of the molecule is CCCn1c(=O)c2ccccc2n2c(SCc3nc4c(C)cccc4c(=O)[nH]3)nnc12. The van der Waals surface area contributed by atoms with Gasteiger partial charge in [0.2, 0.25) is 5.78 Å². The number of rotatable bonds is 5. The van der Waals surface area contributed by atoms with E-state index < -0.39 is 0 Å². The molecule has 9 heteroatoms. The highest BCUT2D eigenvalue weighted by molar-refractivity contribution is 7.98. The Hall–Kier alpha value is -3.46. The standard InChI is InChI=1S/C22H20N6O2S/c1-3-11-27-20(30)14-8-4-5-10-16(14)28-21(27)25-26-22(28)31-12-17-23-18-13(2)7-6-9-15(18)19(29)24-17/h4-10H,3,11-12H2,1-2H3,(H,23,24,29). The van der Waals surface area contributed by atoms with Crippen molar-refractivity contribution in [3.63, 3.8) is 0 Å². The molecule has 5 aromatic rings. The van der Waals surface area contributed by atoms with E-state index in [0.717, 1.165) is 17.5 Å². The van der Waals surface area contributed by atoms with Crippen molar-refractivity contribution in [2.75, 3.05) is 0 Å². The molecular weight excluding hydrogens is 412 g/mol. The van der Waals surface area contributed by atoms with E-state index in [9.17, 15) is 9.59 Å². The summed E-state index contributed by atoms with van der Waals surface area (Å²) < 4.78 is 3.57. The molecule has 0 fully saturated rings. The fourth-order valence-corrected chi connectivity index (χ4v) is 4.62. The number of nitrogens with one attached hydrogen (secondary N) is 1. The van der Waals surface area contributed by atoms with E-state index in [1.807, 2.05) is 54.6 Å². The number of hydrogen-bond donors (Lipinski definition) is 1. The summed E-state index contributed by atoms with van der Waals surface area (Å²) >= 11 is 1.42. The summed E-state index contributed by atoms with van der Waals surface area (Å²) in [5.74, 6) is 1.50. The van der Waals surface area contributed by atoms with Crippen molar-refractivity contribution < 1.29 is 0 Å². The second kappa shape index (κ2) is 7.66. The predicted molar refractivity (Wildman–Crippen MR) is 122 cm³/mol. The number of para-hydroxylation sites is 2. The van der Waals surface area contributed by atoms with Crippen LogP contribution in [0, 0.1) is 6.92 Å². The zero-order valence-corrected chi connectivity index (χ0v) is 17.9. The van der Waals surface area contributed by atoms with Gasteiger partial charge in [-0.25, -0.2) is 4.98 Å². The first-order valence-corrected chi connectivity index (χ1v) is 11.0. The monoisotopic (exact) mass is 432 g/mol. The molecule has 0 radical (unpaired) electrons. The number of hydrogen-bond acceptors (Lipinski definition) is 6. The lowest BCUT2D eigenvalue weighted by molar-refractivity contribution is 0.662. The summed E-state index contributed by atoms with van der Waals surface area (Å²) in [5.41, 5.74) is 2.20. The summed E-state index contributed by atoms with van der Waals surface area (Å²) in [7, 11) is 0. The Balaban J connectivity index is 1.61. The van der Waals surface area contributed by atoms with Crippen LogP contribution in [0.15, 0.2) is 57.2 Å². The Labute approximate surface area is 181 Å². The van der Waals surface area contributed by atoms with Crippen LogP contribution < -0.4 is 11.1 Å². The van der Waals surface area contributed by atoms with Crippen LogP contribution in [0.3, 0.4) is 0 Å². The van der Waals surface area contributed by atoms with Crippen molar-refractivity contribution in [1.82, 2.24) is 29.1 Å². The maximum atomic E-state index is 12.9. The summed E-state index contributed by atoms with van der Waals surface area (Å²) in [4.78, 5) is 32.9. The Morgan fingerprint density at radius 3 is 2.68 bits per heavy atom. The molecule has 2 aromatic carbocycles. The average molecular weight is 433 g/mol. The number of benzene rings is 2. The average Bonchev–Trinajstić information content (AvgIpc) is 3.20. The molecule has 3 aromatic heterocycles. The smallest absolute Gasteiger partial charge is 0.262 e. The molecule has 0 spiro atoms. The largest absolute Gasteiger partial charge is 0.309 e. The summed E-state index contributed by atoms with van der Waals surface area (Å²) in [6, 6.07) is 13.0. The lowest BCUT2D eigenvalue weighted by atomic mass is 10.1. The van der Waals surface area contributed by atoms with E-state index in [0.29, 0.717) is 45.3 Å². The maximum Gasteiger partial charge on any atom is 0.262 e. The third kappa shape index (κ3) is 3.21. The van der Waals surface area contributed by atoms with Gasteiger partial charge < -0.3 is 4.98 Å². The molecule has 0 aliphatic rings. The van der Waals surface area contributed by atoms with Crippen molar-refractivity contribution >= 4 is 39.3 Å². The molecule has 0 aliphatic carbocycles. The number of aromatic amines is 1. The van der Waals surface area contributed by atoms with Crippen LogP contribution in [0.25, 0.3) is 27.6 Å². The van der Waals surface area contributed by atoms with Crippen LogP contribution in [0.2, 0.25) is 0 Å². The third-order valence-corrected chi connectivity index (χ3v) is 6.19. The van der Waals surface area contributed by atoms with Crippen LogP contribution in [0.4, 0.5) is 0 Å². The molecule has 0 saturated carbocycles. The van der Waals surface area contributed by atoms with E-state index in [1.54, 1.807) is 10.6 Å². The summed E-state index contributed by atoms with van der Waals surface area (Å²) in [6.45, 7) is 4.53. The third-order valence-electron chi connectivity index (χ3n) is 5.25. The highest BCUT2D eigenvalue weighted by Crippen LogP contribution is 2.24. The zero-order chi connectivity index (χ0) is 21.5. The second-order valence-corrected chi connectivity index (χ2v) is 8.31. The minimum absolute atomic E-state index is 0.0649. The van der Waals surface area contributed by atoms with Crippen LogP contribution in [-0.4, -0.2) is 29.1 Å². The number of thioether (sulfide) groups is 1. The van der Waals surface area contributed by atoms with Gasteiger partial charge in [0, 0.05) is 6.54 Å². The van der Waals surface area contributed by atoms with Gasteiger partial charge in [-0.05, 0) is 37.1 Å². The second-order valence-electron chi connectivity index (χ2n) is 7.36. The molecule has 3 heterocycles. The molecular formula is C22H20N6O2S. The van der Waals surface area contributed by atoms with Gasteiger partial charge in [0.05, 0.1) is 27.6 Å². The normalized spacial score (nSPS) is 11.7. The topological polar surface area (TPSA) is 97.9 Å². The minimum atomic E-state index is -0.155. The fraction of sp³-hybridized carbons (Fsp3) is 0.227. The van der Waals surface area contributed by atoms with Gasteiger partial charge in [0.25, 0.3) is 11.1 Å². The zero-order valence-electron chi connectivity index (χ0n) is 17.1. The molecule has 5 rings (SSSR count). The Morgan fingerprint density at radius 2 is 1.84 bits per heavy atom. The minimum Gasteiger partial charge on any atom is -0.309 e. The van der Waals surface area contributed by atoms with Crippen LogP contribution in [0.1, 0.15) is 24.7 Å². The highest BCUT2D eigenvalue weighted by atomic mass is 32.2. The van der Waals surface area contributed by atoms with E-state index in [1.165, 1.54) is 11.8 Å². The van der Waals surface area contributed by atoms with E-state index in [2.05, 4.69) is 20.2 Å². The molecule has 0 amide bonds. The molecule has 0 aliphatic heterocycles. The molecule has 1 N–H and O–H groups in total. The Bertz CT molecular complexity index is 1570. The number of aryl methyl sites for hydroxylation is 2. The first-order chi connectivity index (χ1) is 15.1. The van der Waals surface area contributed by atoms with Crippen molar-refractivity contribution in [2.45, 2.75) is 37.7 Å². The van der Waals surface area contributed by atoms with Crippen LogP contribution >= 0.6 is 11.8 Å². The highest BCUT2D eigenvalue weighted by Gasteiger charge is 2.17. The number of aromatic nitrogens is 6. The van der Waals surface area contributed by atoms with Crippen molar-refractivity contribution in [2.24, 2.45) is 0 Å². The van der Waals surface area contributed by atoms with Crippen LogP contribution in [0.5, 0.6) is 0 Å². The van der Waals surface area contributed by atoms with Gasteiger partial charge in [-0.1, -0.05) is 43.0 Å². The summed E-state index contributed by atoms with van der Waals surface area (Å²) in [6.07, 6.45) is 0.810. The predicted octanol–water partition coefficient (Wildman–Crippen LogP) is 3.29. The molecule has 0 atom stereocenters. The molecule has 0 unspecified atom stereocenters. The van der Waals surface area contributed by atoms with Crippen molar-refractivity contribution in [3.8, 4) is 0 Å². The van der Waals surface area contributed by atoms with Crippen molar-refractivity contribution in [3.05, 3.63) is 74.6 Å². The lowest BCUT2D eigenvalue weighted by Gasteiger charge is -2.10. The molecule has 0 saturated heterocycles. The van der Waals surface area contributed by atoms with Crippen LogP contribution in [-0.2, 0) is 12.3 Å². The van der Waals surface area contributed by atoms with E-state index in [4.69, 9.17) is 0 Å². The molecule has 0 bridgehead atoms. The maximum absolute atomic E-state index is 12.9. The van der Waals surface area contributed by atoms with E-state index >= 15 is 0 Å². The first-order valence-electron chi connectivity index (χ1n) is 10.1.